The van der Waals surface area contributed by atoms with E-state index in [1.54, 1.807) is 0 Å². The number of carboxylic acids is 1. The number of rotatable bonds is 7. The fraction of sp³-hybridized carbons (Fsp3) is 0.500. The van der Waals surface area contributed by atoms with Crippen LogP contribution < -0.4 is 5.32 Å². The largest absolute Gasteiger partial charge is 0.476 e. The van der Waals surface area contributed by atoms with Gasteiger partial charge in [0.25, 0.3) is 0 Å². The molecular formula is C20H24ClF2N3O3. The van der Waals surface area contributed by atoms with Crippen LogP contribution in [0.3, 0.4) is 0 Å². The van der Waals surface area contributed by atoms with E-state index >= 15 is 0 Å². The Morgan fingerprint density at radius 1 is 1.38 bits per heavy atom. The van der Waals surface area contributed by atoms with E-state index in [0.717, 1.165) is 29.7 Å². The van der Waals surface area contributed by atoms with Crippen LogP contribution >= 0.6 is 11.6 Å². The van der Waals surface area contributed by atoms with Gasteiger partial charge in [-0.05, 0) is 51.8 Å². The fourth-order valence-corrected chi connectivity index (χ4v) is 3.90. The van der Waals surface area contributed by atoms with Crippen LogP contribution in [0.1, 0.15) is 48.3 Å². The van der Waals surface area contributed by atoms with Crippen molar-refractivity contribution in [2.45, 2.75) is 51.3 Å². The second-order valence-corrected chi connectivity index (χ2v) is 8.14. The van der Waals surface area contributed by atoms with Gasteiger partial charge in [-0.25, -0.2) is 18.3 Å². The summed E-state index contributed by atoms with van der Waals surface area (Å²) in [5, 5.41) is 16.9. The molecule has 1 unspecified atom stereocenters. The molecule has 1 saturated heterocycles. The second kappa shape index (κ2) is 8.77. The predicted octanol–water partition coefficient (Wildman–Crippen LogP) is 3.65. The molecule has 2 heterocycles. The zero-order valence-corrected chi connectivity index (χ0v) is 17.1. The summed E-state index contributed by atoms with van der Waals surface area (Å²) in [6.45, 7) is 4.94. The average Bonchev–Trinajstić information content (AvgIpc) is 2.94. The molecule has 1 aromatic carbocycles. The van der Waals surface area contributed by atoms with E-state index in [1.165, 1.54) is 6.07 Å². The van der Waals surface area contributed by atoms with Crippen molar-refractivity contribution in [3.63, 3.8) is 0 Å². The number of nitrogens with zero attached hydrogens (tertiary/aromatic N) is 2. The van der Waals surface area contributed by atoms with E-state index in [2.05, 4.69) is 10.4 Å². The number of halogens is 3. The summed E-state index contributed by atoms with van der Waals surface area (Å²) in [7, 11) is 0. The molecule has 0 radical (unpaired) electrons. The Bertz CT molecular complexity index is 881. The van der Waals surface area contributed by atoms with Gasteiger partial charge in [0, 0.05) is 23.8 Å². The van der Waals surface area contributed by atoms with Gasteiger partial charge in [0.1, 0.15) is 16.8 Å². The smallest absolute Gasteiger partial charge is 0.356 e. The van der Waals surface area contributed by atoms with Gasteiger partial charge in [-0.3, -0.25) is 0 Å². The molecule has 1 atom stereocenters. The highest BCUT2D eigenvalue weighted by atomic mass is 35.5. The van der Waals surface area contributed by atoms with E-state index < -0.39 is 17.6 Å². The van der Waals surface area contributed by atoms with Crippen molar-refractivity contribution in [3.05, 3.63) is 51.8 Å². The summed E-state index contributed by atoms with van der Waals surface area (Å²) >= 11 is 6.34. The molecular weight excluding hydrogens is 404 g/mol. The maximum atomic E-state index is 13.9. The predicted molar refractivity (Wildman–Crippen MR) is 104 cm³/mol. The lowest BCUT2D eigenvalue weighted by Gasteiger charge is -2.36. The summed E-state index contributed by atoms with van der Waals surface area (Å²) in [4.78, 5) is 11.6. The standard InChI is InChI=1S/C20H24ClF2N3O3/c1-20(2)10-12(7-9-29-20)24-8-6-13-17(19(27)28)25-26(18(13)21)11-14-15(22)4-3-5-16(14)23/h3-5,12,24H,6-11H2,1-2H3,(H,27,28). The molecule has 9 heteroatoms. The molecule has 0 saturated carbocycles. The van der Waals surface area contributed by atoms with Crippen molar-refractivity contribution in [2.24, 2.45) is 0 Å². The van der Waals surface area contributed by atoms with Crippen LogP contribution in [0.2, 0.25) is 5.15 Å². The van der Waals surface area contributed by atoms with E-state index in [1.807, 2.05) is 13.8 Å². The number of ether oxygens (including phenoxy) is 1. The molecule has 0 spiro atoms. The lowest BCUT2D eigenvalue weighted by Crippen LogP contribution is -2.44. The first-order valence-electron chi connectivity index (χ1n) is 9.46. The Balaban J connectivity index is 1.74. The lowest BCUT2D eigenvalue weighted by atomic mass is 9.94. The number of hydrogen-bond acceptors (Lipinski definition) is 4. The van der Waals surface area contributed by atoms with Crippen molar-refractivity contribution in [3.8, 4) is 0 Å². The van der Waals surface area contributed by atoms with Crippen molar-refractivity contribution < 1.29 is 23.4 Å². The summed E-state index contributed by atoms with van der Waals surface area (Å²) < 4.78 is 34.7. The zero-order valence-electron chi connectivity index (χ0n) is 16.3. The van der Waals surface area contributed by atoms with Crippen molar-refractivity contribution in [2.75, 3.05) is 13.2 Å². The fourth-order valence-electron chi connectivity index (χ4n) is 3.62. The van der Waals surface area contributed by atoms with Gasteiger partial charge >= 0.3 is 5.97 Å². The minimum absolute atomic E-state index is 0.0687. The number of benzene rings is 1. The molecule has 1 aliphatic rings. The Hall–Kier alpha value is -2.03. The third kappa shape index (κ3) is 5.12. The molecule has 3 rings (SSSR count). The quantitative estimate of drug-likeness (QED) is 0.705. The highest BCUT2D eigenvalue weighted by Gasteiger charge is 2.29. The van der Waals surface area contributed by atoms with Crippen LogP contribution in [0, 0.1) is 11.6 Å². The molecule has 158 valence electrons. The highest BCUT2D eigenvalue weighted by molar-refractivity contribution is 6.30. The van der Waals surface area contributed by atoms with Gasteiger partial charge in [-0.2, -0.15) is 5.10 Å². The summed E-state index contributed by atoms with van der Waals surface area (Å²) in [6.07, 6.45) is 2.05. The van der Waals surface area contributed by atoms with Crippen molar-refractivity contribution >= 4 is 17.6 Å². The summed E-state index contributed by atoms with van der Waals surface area (Å²) in [6, 6.07) is 3.78. The van der Waals surface area contributed by atoms with Crippen LogP contribution in [0.15, 0.2) is 18.2 Å². The number of aromatic nitrogens is 2. The van der Waals surface area contributed by atoms with Gasteiger partial charge in [0.2, 0.25) is 0 Å². The SMILES string of the molecule is CC1(C)CC(NCCc2c(C(=O)O)nn(Cc3c(F)cccc3F)c2Cl)CCO1. The Morgan fingerprint density at radius 2 is 2.07 bits per heavy atom. The first kappa shape index (κ1) is 21.7. The van der Waals surface area contributed by atoms with Crippen LogP contribution in [-0.2, 0) is 17.7 Å². The third-order valence-electron chi connectivity index (χ3n) is 5.06. The van der Waals surface area contributed by atoms with E-state index in [0.29, 0.717) is 25.1 Å². The number of hydrogen-bond donors (Lipinski definition) is 2. The summed E-state index contributed by atoms with van der Waals surface area (Å²) in [5.41, 5.74) is -0.285. The third-order valence-corrected chi connectivity index (χ3v) is 5.48. The number of aromatic carboxylic acids is 1. The van der Waals surface area contributed by atoms with Crippen molar-refractivity contribution in [1.82, 2.24) is 15.1 Å². The number of nitrogens with one attached hydrogen (secondary N) is 1. The molecule has 0 amide bonds. The minimum atomic E-state index is -1.23. The molecule has 2 aromatic rings. The molecule has 29 heavy (non-hydrogen) atoms. The van der Waals surface area contributed by atoms with Crippen LogP contribution in [0.5, 0.6) is 0 Å². The van der Waals surface area contributed by atoms with Crippen LogP contribution in [0.25, 0.3) is 0 Å². The normalized spacial score (nSPS) is 18.7. The number of carbonyl (C=O) groups is 1. The van der Waals surface area contributed by atoms with Gasteiger partial charge in [-0.15, -0.1) is 0 Å². The van der Waals surface area contributed by atoms with E-state index in [9.17, 15) is 18.7 Å². The minimum Gasteiger partial charge on any atom is -0.476 e. The maximum absolute atomic E-state index is 13.9. The van der Waals surface area contributed by atoms with Crippen LogP contribution in [-0.4, -0.2) is 45.7 Å². The zero-order chi connectivity index (χ0) is 21.2. The molecule has 1 fully saturated rings. The first-order valence-corrected chi connectivity index (χ1v) is 9.84. The lowest BCUT2D eigenvalue weighted by molar-refractivity contribution is -0.0627. The van der Waals surface area contributed by atoms with Crippen molar-refractivity contribution in [1.29, 1.82) is 0 Å². The van der Waals surface area contributed by atoms with Gasteiger partial charge in [0.15, 0.2) is 5.69 Å². The van der Waals surface area contributed by atoms with E-state index in [-0.39, 0.29) is 34.6 Å². The average molecular weight is 428 g/mol. The Kier molecular flexibility index (Phi) is 6.55. The molecule has 6 nitrogen and oxygen atoms in total. The monoisotopic (exact) mass is 427 g/mol. The molecule has 1 aromatic heterocycles. The Labute approximate surface area is 172 Å². The van der Waals surface area contributed by atoms with Gasteiger partial charge in [0.05, 0.1) is 12.1 Å². The Morgan fingerprint density at radius 3 is 2.69 bits per heavy atom. The molecule has 2 N–H and O–H groups in total. The van der Waals surface area contributed by atoms with Gasteiger partial charge in [-0.1, -0.05) is 17.7 Å². The molecule has 0 aliphatic carbocycles. The molecule has 1 aliphatic heterocycles. The topological polar surface area (TPSA) is 76.4 Å². The first-order chi connectivity index (χ1) is 13.7. The van der Waals surface area contributed by atoms with Crippen LogP contribution in [0.4, 0.5) is 8.78 Å². The highest BCUT2D eigenvalue weighted by Crippen LogP contribution is 2.25. The maximum Gasteiger partial charge on any atom is 0.356 e. The van der Waals surface area contributed by atoms with E-state index in [4.69, 9.17) is 16.3 Å². The second-order valence-electron chi connectivity index (χ2n) is 7.78. The van der Waals surface area contributed by atoms with Gasteiger partial charge < -0.3 is 15.2 Å². The number of carboxylic acid groups (broad SMARTS) is 1. The molecule has 0 bridgehead atoms. The summed E-state index contributed by atoms with van der Waals surface area (Å²) in [5.74, 6) is -2.71.